The minimum atomic E-state index is -0.0648. The first-order valence-electron chi connectivity index (χ1n) is 8.71. The van der Waals surface area contributed by atoms with Crippen LogP contribution in [0.3, 0.4) is 0 Å². The highest BCUT2D eigenvalue weighted by molar-refractivity contribution is 5.76. The number of likely N-dealkylation sites (N-methyl/N-ethyl adjacent to an activating group) is 1. The second-order valence-electron chi connectivity index (χ2n) is 6.70. The number of pyridine rings is 1. The minimum absolute atomic E-state index is 0.0648. The van der Waals surface area contributed by atoms with Gasteiger partial charge in [-0.25, -0.2) is 0 Å². The van der Waals surface area contributed by atoms with Gasteiger partial charge < -0.3 is 10.1 Å². The van der Waals surface area contributed by atoms with Crippen molar-refractivity contribution in [1.82, 2.24) is 15.2 Å². The van der Waals surface area contributed by atoms with Gasteiger partial charge in [0.2, 0.25) is 5.91 Å². The molecule has 1 amide bonds. The molecular weight excluding hydrogens is 290 g/mol. The highest BCUT2D eigenvalue weighted by Gasteiger charge is 2.38. The number of aromatic nitrogens is 1. The van der Waals surface area contributed by atoms with Gasteiger partial charge in [0.05, 0.1) is 6.61 Å². The smallest absolute Gasteiger partial charge is 0.245 e. The number of likely N-dealkylation sites (tertiary alicyclic amines) is 1. The lowest BCUT2D eigenvalue weighted by atomic mass is 9.93. The van der Waals surface area contributed by atoms with E-state index in [0.29, 0.717) is 18.4 Å². The van der Waals surface area contributed by atoms with Crippen LogP contribution in [0, 0.1) is 5.92 Å². The first-order valence-corrected chi connectivity index (χ1v) is 8.71. The number of amides is 1. The van der Waals surface area contributed by atoms with E-state index < -0.39 is 0 Å². The number of ether oxygens (including phenoxy) is 1. The molecule has 2 aliphatic rings. The van der Waals surface area contributed by atoms with E-state index in [1.807, 2.05) is 12.3 Å². The van der Waals surface area contributed by atoms with E-state index in [-0.39, 0.29) is 12.5 Å². The van der Waals surface area contributed by atoms with E-state index in [9.17, 15) is 4.79 Å². The third-order valence-electron chi connectivity index (χ3n) is 5.22. The van der Waals surface area contributed by atoms with Crippen LogP contribution in [0.5, 0.6) is 0 Å². The van der Waals surface area contributed by atoms with E-state index in [1.54, 1.807) is 7.05 Å². The zero-order valence-electron chi connectivity index (χ0n) is 13.9. The van der Waals surface area contributed by atoms with E-state index in [0.717, 1.165) is 24.8 Å². The summed E-state index contributed by atoms with van der Waals surface area (Å²) in [7, 11) is 1.64. The highest BCUT2D eigenvalue weighted by Crippen LogP contribution is 2.36. The number of nitrogens with zero attached hydrogens (tertiary/aromatic N) is 2. The van der Waals surface area contributed by atoms with Gasteiger partial charge in [-0.3, -0.25) is 14.7 Å². The van der Waals surface area contributed by atoms with Crippen molar-refractivity contribution in [1.29, 1.82) is 0 Å². The first-order chi connectivity index (χ1) is 11.3. The van der Waals surface area contributed by atoms with Crippen LogP contribution >= 0.6 is 0 Å². The maximum Gasteiger partial charge on any atom is 0.245 e. The molecule has 0 bridgehead atoms. The summed E-state index contributed by atoms with van der Waals surface area (Å²) in [5.74, 6) is 0.752. The van der Waals surface area contributed by atoms with E-state index >= 15 is 0 Å². The Labute approximate surface area is 138 Å². The SMILES string of the molecule is CNC(=O)COC[C@@H]1CN(C2CCCC2)C[C@H]1c1ccccn1. The summed E-state index contributed by atoms with van der Waals surface area (Å²) in [5, 5.41) is 2.60. The van der Waals surface area contributed by atoms with Crippen LogP contribution in [-0.2, 0) is 9.53 Å². The molecule has 126 valence electrons. The Balaban J connectivity index is 1.64. The fraction of sp³-hybridized carbons (Fsp3) is 0.667. The predicted octanol–water partition coefficient (Wildman–Crippen LogP) is 1.80. The molecule has 0 aromatic carbocycles. The van der Waals surface area contributed by atoms with Gasteiger partial charge in [0.15, 0.2) is 0 Å². The lowest BCUT2D eigenvalue weighted by molar-refractivity contribution is -0.125. The molecule has 1 aliphatic heterocycles. The maximum atomic E-state index is 11.4. The number of hydrogen-bond donors (Lipinski definition) is 1. The molecule has 0 spiro atoms. The number of carbonyl (C=O) groups excluding carboxylic acids is 1. The molecule has 1 aliphatic carbocycles. The van der Waals surface area contributed by atoms with Gasteiger partial charge in [-0.05, 0) is 25.0 Å². The summed E-state index contributed by atoms with van der Waals surface area (Å²) in [4.78, 5) is 18.5. The lowest BCUT2D eigenvalue weighted by Crippen LogP contribution is -2.31. The Hall–Kier alpha value is -1.46. The van der Waals surface area contributed by atoms with Crippen molar-refractivity contribution in [2.45, 2.75) is 37.6 Å². The number of nitrogens with one attached hydrogen (secondary N) is 1. The van der Waals surface area contributed by atoms with Gasteiger partial charge in [0.1, 0.15) is 6.61 Å². The number of carbonyl (C=O) groups is 1. The summed E-state index contributed by atoms with van der Waals surface area (Å²) in [6.07, 6.45) is 7.22. The van der Waals surface area contributed by atoms with Gasteiger partial charge in [-0.2, -0.15) is 0 Å². The van der Waals surface area contributed by atoms with Crippen molar-refractivity contribution in [2.75, 3.05) is 33.4 Å². The molecule has 2 atom stereocenters. The molecule has 5 heteroatoms. The van der Waals surface area contributed by atoms with Crippen LogP contribution in [0.15, 0.2) is 24.4 Å². The van der Waals surface area contributed by atoms with Crippen molar-refractivity contribution in [2.24, 2.45) is 5.92 Å². The third kappa shape index (κ3) is 4.09. The molecule has 2 fully saturated rings. The molecule has 1 saturated carbocycles. The van der Waals surface area contributed by atoms with E-state index in [1.165, 1.54) is 25.7 Å². The average Bonchev–Trinajstić information content (AvgIpc) is 3.25. The average molecular weight is 317 g/mol. The van der Waals surface area contributed by atoms with Crippen molar-refractivity contribution in [3.05, 3.63) is 30.1 Å². The molecule has 0 unspecified atom stereocenters. The summed E-state index contributed by atoms with van der Waals surface area (Å²) in [5.41, 5.74) is 1.15. The molecule has 1 aromatic rings. The van der Waals surface area contributed by atoms with Crippen molar-refractivity contribution < 1.29 is 9.53 Å². The quantitative estimate of drug-likeness (QED) is 0.869. The molecule has 1 N–H and O–H groups in total. The van der Waals surface area contributed by atoms with E-state index in [4.69, 9.17) is 4.74 Å². The Morgan fingerprint density at radius 2 is 2.17 bits per heavy atom. The largest absolute Gasteiger partial charge is 0.371 e. The Morgan fingerprint density at radius 1 is 1.35 bits per heavy atom. The van der Waals surface area contributed by atoms with Gasteiger partial charge in [-0.15, -0.1) is 0 Å². The lowest BCUT2D eigenvalue weighted by Gasteiger charge is -2.23. The number of hydrogen-bond acceptors (Lipinski definition) is 4. The molecular formula is C18H27N3O2. The maximum absolute atomic E-state index is 11.4. The van der Waals surface area contributed by atoms with Gasteiger partial charge in [0, 0.05) is 49.9 Å². The molecule has 2 heterocycles. The van der Waals surface area contributed by atoms with Crippen molar-refractivity contribution >= 4 is 5.91 Å². The van der Waals surface area contributed by atoms with Crippen LogP contribution in [0.2, 0.25) is 0 Å². The minimum Gasteiger partial charge on any atom is -0.371 e. The topological polar surface area (TPSA) is 54.5 Å². The summed E-state index contributed by atoms with van der Waals surface area (Å²) >= 11 is 0. The van der Waals surface area contributed by atoms with Crippen LogP contribution in [0.1, 0.15) is 37.3 Å². The van der Waals surface area contributed by atoms with Gasteiger partial charge >= 0.3 is 0 Å². The van der Waals surface area contributed by atoms with Crippen molar-refractivity contribution in [3.8, 4) is 0 Å². The monoisotopic (exact) mass is 317 g/mol. The molecule has 3 rings (SSSR count). The fourth-order valence-electron chi connectivity index (χ4n) is 3.95. The van der Waals surface area contributed by atoms with Crippen LogP contribution in [0.25, 0.3) is 0 Å². The van der Waals surface area contributed by atoms with Crippen LogP contribution in [0.4, 0.5) is 0 Å². The highest BCUT2D eigenvalue weighted by atomic mass is 16.5. The van der Waals surface area contributed by atoms with Gasteiger partial charge in [0.25, 0.3) is 0 Å². The normalized spacial score (nSPS) is 25.8. The second kappa shape index (κ2) is 7.88. The second-order valence-corrected chi connectivity index (χ2v) is 6.70. The molecule has 1 saturated heterocycles. The number of rotatable bonds is 6. The molecule has 5 nitrogen and oxygen atoms in total. The Morgan fingerprint density at radius 3 is 2.87 bits per heavy atom. The zero-order chi connectivity index (χ0) is 16.1. The summed E-state index contributed by atoms with van der Waals surface area (Å²) < 4.78 is 5.67. The molecule has 23 heavy (non-hydrogen) atoms. The Kier molecular flexibility index (Phi) is 5.62. The predicted molar refractivity (Wildman–Crippen MR) is 89.2 cm³/mol. The summed E-state index contributed by atoms with van der Waals surface area (Å²) in [6, 6.07) is 6.87. The third-order valence-corrected chi connectivity index (χ3v) is 5.22. The van der Waals surface area contributed by atoms with Crippen molar-refractivity contribution in [3.63, 3.8) is 0 Å². The van der Waals surface area contributed by atoms with Crippen LogP contribution in [-0.4, -0.2) is 55.2 Å². The standard InChI is InChI=1S/C18H27N3O2/c1-19-18(22)13-23-12-14-10-21(15-6-2-3-7-15)11-16(14)17-8-4-5-9-20-17/h4-5,8-9,14-16H,2-3,6-7,10-13H2,1H3,(H,19,22)/t14-,16+/m0/s1. The Bertz CT molecular complexity index is 502. The van der Waals surface area contributed by atoms with E-state index in [2.05, 4.69) is 27.3 Å². The fourth-order valence-corrected chi connectivity index (χ4v) is 3.95. The first kappa shape index (κ1) is 16.4. The van der Waals surface area contributed by atoms with Gasteiger partial charge in [-0.1, -0.05) is 18.9 Å². The van der Waals surface area contributed by atoms with Crippen LogP contribution < -0.4 is 5.32 Å². The zero-order valence-corrected chi connectivity index (χ0v) is 13.9. The summed E-state index contributed by atoms with van der Waals surface area (Å²) in [6.45, 7) is 2.89. The molecule has 0 radical (unpaired) electrons. The molecule has 1 aromatic heterocycles.